The van der Waals surface area contributed by atoms with Crippen LogP contribution in [0.2, 0.25) is 0 Å². The number of carboxylic acid groups (broad SMARTS) is 1. The van der Waals surface area contributed by atoms with Crippen LogP contribution in [0.25, 0.3) is 0 Å². The first kappa shape index (κ1) is 11.1. The Hall–Kier alpha value is -1.39. The molecule has 4 nitrogen and oxygen atoms in total. The number of hydrogen-bond donors (Lipinski definition) is 2. The second-order valence-electron chi connectivity index (χ2n) is 4.06. The number of nitrogens with two attached hydrogens (primary N) is 1. The van der Waals surface area contributed by atoms with Crippen LogP contribution in [0, 0.1) is 0 Å². The van der Waals surface area contributed by atoms with Crippen LogP contribution in [-0.4, -0.2) is 11.1 Å². The average molecular weight is 221 g/mol. The number of fused-ring (bicyclic) bond motifs is 1. The maximum Gasteiger partial charge on any atom is 0.303 e. The SMILES string of the molecule is NC(CCC(=O)O)c1ccc2c(c1)COC2. The molecule has 0 amide bonds. The Labute approximate surface area is 94.0 Å². The Morgan fingerprint density at radius 3 is 2.94 bits per heavy atom. The van der Waals surface area contributed by atoms with Gasteiger partial charge in [-0.1, -0.05) is 18.2 Å². The van der Waals surface area contributed by atoms with Crippen molar-refractivity contribution in [1.29, 1.82) is 0 Å². The number of hydrogen-bond acceptors (Lipinski definition) is 3. The molecule has 0 spiro atoms. The van der Waals surface area contributed by atoms with Gasteiger partial charge in [0, 0.05) is 12.5 Å². The quantitative estimate of drug-likeness (QED) is 0.809. The van der Waals surface area contributed by atoms with Gasteiger partial charge in [-0.3, -0.25) is 4.79 Å². The van der Waals surface area contributed by atoms with E-state index in [1.54, 1.807) is 0 Å². The lowest BCUT2D eigenvalue weighted by Crippen LogP contribution is -2.12. The fourth-order valence-electron chi connectivity index (χ4n) is 1.87. The van der Waals surface area contributed by atoms with Gasteiger partial charge in [-0.25, -0.2) is 0 Å². The summed E-state index contributed by atoms with van der Waals surface area (Å²) in [6, 6.07) is 5.79. The van der Waals surface area contributed by atoms with Crippen molar-refractivity contribution in [3.05, 3.63) is 34.9 Å². The van der Waals surface area contributed by atoms with Gasteiger partial charge in [0.05, 0.1) is 13.2 Å². The Bertz CT molecular complexity index is 403. The molecule has 0 bridgehead atoms. The molecule has 1 aliphatic rings. The van der Waals surface area contributed by atoms with Gasteiger partial charge in [-0.2, -0.15) is 0 Å². The van der Waals surface area contributed by atoms with E-state index in [1.165, 1.54) is 11.1 Å². The van der Waals surface area contributed by atoms with Gasteiger partial charge in [-0.15, -0.1) is 0 Å². The summed E-state index contributed by atoms with van der Waals surface area (Å²) in [5, 5.41) is 8.59. The van der Waals surface area contributed by atoms with Crippen molar-refractivity contribution in [3.63, 3.8) is 0 Å². The predicted molar refractivity (Wildman–Crippen MR) is 58.7 cm³/mol. The predicted octanol–water partition coefficient (Wildman–Crippen LogP) is 1.58. The van der Waals surface area contributed by atoms with E-state index in [-0.39, 0.29) is 12.5 Å². The number of benzene rings is 1. The molecule has 0 aliphatic carbocycles. The van der Waals surface area contributed by atoms with Crippen LogP contribution in [0.15, 0.2) is 18.2 Å². The smallest absolute Gasteiger partial charge is 0.303 e. The van der Waals surface area contributed by atoms with E-state index in [0.29, 0.717) is 19.6 Å². The zero-order valence-corrected chi connectivity index (χ0v) is 8.98. The van der Waals surface area contributed by atoms with Crippen LogP contribution in [0.5, 0.6) is 0 Å². The molecule has 1 unspecified atom stereocenters. The average Bonchev–Trinajstić information content (AvgIpc) is 2.72. The van der Waals surface area contributed by atoms with Crippen LogP contribution in [0.1, 0.15) is 35.6 Å². The molecule has 0 saturated heterocycles. The molecule has 16 heavy (non-hydrogen) atoms. The van der Waals surface area contributed by atoms with Crippen LogP contribution in [0.3, 0.4) is 0 Å². The van der Waals surface area contributed by atoms with Crippen molar-refractivity contribution in [2.75, 3.05) is 0 Å². The highest BCUT2D eigenvalue weighted by molar-refractivity contribution is 5.66. The molecular formula is C12H15NO3. The van der Waals surface area contributed by atoms with Crippen molar-refractivity contribution < 1.29 is 14.6 Å². The molecule has 0 aromatic heterocycles. The molecule has 3 N–H and O–H groups in total. The minimum absolute atomic E-state index is 0.106. The summed E-state index contributed by atoms with van der Waals surface area (Å²) < 4.78 is 5.31. The van der Waals surface area contributed by atoms with Crippen LogP contribution < -0.4 is 5.73 Å². The maximum absolute atomic E-state index is 10.4. The number of carbonyl (C=O) groups is 1. The summed E-state index contributed by atoms with van der Waals surface area (Å²) in [7, 11) is 0. The summed E-state index contributed by atoms with van der Waals surface area (Å²) in [5.74, 6) is -0.806. The molecule has 1 aromatic rings. The molecule has 0 fully saturated rings. The highest BCUT2D eigenvalue weighted by atomic mass is 16.5. The normalized spacial score (nSPS) is 15.8. The van der Waals surface area contributed by atoms with E-state index >= 15 is 0 Å². The first-order chi connectivity index (χ1) is 7.66. The van der Waals surface area contributed by atoms with Gasteiger partial charge in [0.2, 0.25) is 0 Å². The summed E-state index contributed by atoms with van der Waals surface area (Å²) in [6.07, 6.45) is 0.573. The minimum Gasteiger partial charge on any atom is -0.481 e. The van der Waals surface area contributed by atoms with E-state index in [2.05, 4.69) is 0 Å². The van der Waals surface area contributed by atoms with Crippen molar-refractivity contribution in [1.82, 2.24) is 0 Å². The molecule has 1 aliphatic heterocycles. The summed E-state index contributed by atoms with van der Waals surface area (Å²) in [4.78, 5) is 10.4. The Morgan fingerprint density at radius 2 is 2.19 bits per heavy atom. The molecule has 0 saturated carbocycles. The lowest BCUT2D eigenvalue weighted by Gasteiger charge is -2.11. The third-order valence-electron chi connectivity index (χ3n) is 2.84. The molecule has 4 heteroatoms. The second kappa shape index (κ2) is 4.63. The first-order valence-electron chi connectivity index (χ1n) is 5.33. The lowest BCUT2D eigenvalue weighted by atomic mass is 9.99. The third kappa shape index (κ3) is 2.40. The zero-order chi connectivity index (χ0) is 11.5. The van der Waals surface area contributed by atoms with Crippen LogP contribution in [-0.2, 0) is 22.7 Å². The Kier molecular flexibility index (Phi) is 3.22. The fraction of sp³-hybridized carbons (Fsp3) is 0.417. The summed E-state index contributed by atoms with van der Waals surface area (Å²) in [5.41, 5.74) is 9.30. The molecular weight excluding hydrogens is 206 g/mol. The monoisotopic (exact) mass is 221 g/mol. The van der Waals surface area contributed by atoms with Crippen LogP contribution >= 0.6 is 0 Å². The van der Waals surface area contributed by atoms with Gasteiger partial charge in [0.25, 0.3) is 0 Å². The maximum atomic E-state index is 10.4. The highest BCUT2D eigenvalue weighted by Crippen LogP contribution is 2.24. The standard InChI is InChI=1S/C12H15NO3/c13-11(3-4-12(14)15)8-1-2-9-6-16-7-10(9)5-8/h1-2,5,11H,3-4,6-7,13H2,(H,14,15). The zero-order valence-electron chi connectivity index (χ0n) is 8.98. The summed E-state index contributed by atoms with van der Waals surface area (Å²) >= 11 is 0. The highest BCUT2D eigenvalue weighted by Gasteiger charge is 2.14. The topological polar surface area (TPSA) is 72.6 Å². The molecule has 1 atom stereocenters. The Morgan fingerprint density at radius 1 is 1.44 bits per heavy atom. The van der Waals surface area contributed by atoms with Gasteiger partial charge >= 0.3 is 5.97 Å². The third-order valence-corrected chi connectivity index (χ3v) is 2.84. The van der Waals surface area contributed by atoms with Crippen molar-refractivity contribution in [2.45, 2.75) is 32.1 Å². The van der Waals surface area contributed by atoms with Gasteiger partial charge in [0.1, 0.15) is 0 Å². The van der Waals surface area contributed by atoms with Crippen molar-refractivity contribution in [2.24, 2.45) is 5.73 Å². The molecule has 1 aromatic carbocycles. The Balaban J connectivity index is 2.06. The van der Waals surface area contributed by atoms with Crippen LogP contribution in [0.4, 0.5) is 0 Å². The summed E-state index contributed by atoms with van der Waals surface area (Å²) in [6.45, 7) is 1.30. The molecule has 2 rings (SSSR count). The number of carboxylic acids is 1. The number of aliphatic carboxylic acids is 1. The number of ether oxygens (including phenoxy) is 1. The fourth-order valence-corrected chi connectivity index (χ4v) is 1.87. The van der Waals surface area contributed by atoms with Gasteiger partial charge in [0.15, 0.2) is 0 Å². The number of rotatable bonds is 4. The van der Waals surface area contributed by atoms with E-state index in [4.69, 9.17) is 15.6 Å². The molecule has 0 radical (unpaired) electrons. The second-order valence-corrected chi connectivity index (χ2v) is 4.06. The molecule has 86 valence electrons. The van der Waals surface area contributed by atoms with E-state index < -0.39 is 5.97 Å². The molecule has 1 heterocycles. The first-order valence-corrected chi connectivity index (χ1v) is 5.33. The van der Waals surface area contributed by atoms with E-state index in [1.807, 2.05) is 18.2 Å². The van der Waals surface area contributed by atoms with Crippen molar-refractivity contribution in [3.8, 4) is 0 Å². The van der Waals surface area contributed by atoms with E-state index in [9.17, 15) is 4.79 Å². The van der Waals surface area contributed by atoms with E-state index in [0.717, 1.165) is 5.56 Å². The minimum atomic E-state index is -0.806. The lowest BCUT2D eigenvalue weighted by molar-refractivity contribution is -0.137. The van der Waals surface area contributed by atoms with Crippen molar-refractivity contribution >= 4 is 5.97 Å². The van der Waals surface area contributed by atoms with Gasteiger partial charge in [-0.05, 0) is 23.1 Å². The largest absolute Gasteiger partial charge is 0.481 e. The van der Waals surface area contributed by atoms with Gasteiger partial charge < -0.3 is 15.6 Å².